The van der Waals surface area contributed by atoms with Crippen molar-refractivity contribution in [2.45, 2.75) is 0 Å². The summed E-state index contributed by atoms with van der Waals surface area (Å²) in [5, 5.41) is 21.9. The van der Waals surface area contributed by atoms with Crippen molar-refractivity contribution in [3.05, 3.63) is 90.0 Å². The molecule has 4 aromatic carbocycles. The van der Waals surface area contributed by atoms with Gasteiger partial charge in [-0.05, 0) is 46.7 Å². The first kappa shape index (κ1) is 15.4. The zero-order chi connectivity index (χ0) is 18.4. The van der Waals surface area contributed by atoms with Crippen LogP contribution in [0.15, 0.2) is 78.9 Å². The zero-order valence-electron chi connectivity index (χ0n) is 14.5. The summed E-state index contributed by atoms with van der Waals surface area (Å²) >= 11 is 0. The fourth-order valence-electron chi connectivity index (χ4n) is 3.84. The lowest BCUT2D eigenvalue weighted by molar-refractivity contribution is 1.17. The second-order valence-corrected chi connectivity index (χ2v) is 6.60. The number of hydrogen-bond acceptors (Lipinski definition) is 2. The number of aromatic nitrogens is 1. The van der Waals surface area contributed by atoms with Gasteiger partial charge in [-0.15, -0.1) is 0 Å². The monoisotopic (exact) mass is 345 g/mol. The Bertz CT molecular complexity index is 1400. The Morgan fingerprint density at radius 3 is 2.30 bits per heavy atom. The molecule has 3 nitrogen and oxygen atoms in total. The number of fused-ring (bicyclic) bond motifs is 4. The van der Waals surface area contributed by atoms with Crippen LogP contribution in [0.5, 0.6) is 0 Å². The van der Waals surface area contributed by atoms with Gasteiger partial charge >= 0.3 is 0 Å². The van der Waals surface area contributed by atoms with Crippen LogP contribution in [0.4, 0.5) is 0 Å². The maximum absolute atomic E-state index is 9.71. The first-order chi connectivity index (χ1) is 13.3. The number of para-hydroxylation sites is 1. The van der Waals surface area contributed by atoms with E-state index in [2.05, 4.69) is 53.1 Å². The fraction of sp³-hybridized carbons (Fsp3) is 0. The van der Waals surface area contributed by atoms with Crippen LogP contribution in [0.25, 0.3) is 38.3 Å². The molecule has 0 saturated heterocycles. The Labute approximate surface area is 156 Å². The highest BCUT2D eigenvalue weighted by Crippen LogP contribution is 2.35. The molecular weight excluding hydrogens is 330 g/mol. The Morgan fingerprint density at radius 2 is 1.52 bits per heavy atom. The molecule has 0 aliphatic carbocycles. The van der Waals surface area contributed by atoms with Crippen molar-refractivity contribution in [3.8, 4) is 11.8 Å². The maximum Gasteiger partial charge on any atom is 0.101 e. The summed E-state index contributed by atoms with van der Waals surface area (Å²) in [5.41, 5.74) is 4.27. The molecule has 5 aromatic rings. The first-order valence-electron chi connectivity index (χ1n) is 8.77. The average Bonchev–Trinajstić information content (AvgIpc) is 3.05. The third-order valence-corrected chi connectivity index (χ3v) is 5.09. The second-order valence-electron chi connectivity index (χ2n) is 6.60. The Kier molecular flexibility index (Phi) is 3.31. The molecule has 0 radical (unpaired) electrons. The van der Waals surface area contributed by atoms with Crippen molar-refractivity contribution in [1.82, 2.24) is 4.57 Å². The summed E-state index contributed by atoms with van der Waals surface area (Å²) in [6, 6.07) is 28.9. The quantitative estimate of drug-likeness (QED) is 0.403. The van der Waals surface area contributed by atoms with E-state index >= 15 is 0 Å². The van der Waals surface area contributed by atoms with Gasteiger partial charge in [0.1, 0.15) is 6.07 Å². The molecule has 0 bridgehead atoms. The molecule has 27 heavy (non-hydrogen) atoms. The largest absolute Gasteiger partial charge is 0.308 e. The molecule has 0 atom stereocenters. The van der Waals surface area contributed by atoms with Crippen LogP contribution in [0.3, 0.4) is 0 Å². The molecule has 1 heterocycles. The molecule has 5 rings (SSSR count). The van der Waals surface area contributed by atoms with Crippen molar-refractivity contribution in [3.63, 3.8) is 0 Å². The van der Waals surface area contributed by atoms with Crippen molar-refractivity contribution in [2.24, 2.45) is 0 Å². The van der Waals surface area contributed by atoms with Crippen LogP contribution in [0.2, 0.25) is 0 Å². The topological polar surface area (TPSA) is 52.6 Å². The molecule has 0 amide bonds. The zero-order valence-corrected chi connectivity index (χ0v) is 14.5. The molecule has 0 aliphatic rings. The number of rotatable bonds is 2. The van der Waals surface area contributed by atoms with Gasteiger partial charge in [0.05, 0.1) is 22.3 Å². The predicted octanol–water partition coefficient (Wildman–Crippen LogP) is 5.81. The molecule has 3 heteroatoms. The number of nitrogens with zero attached hydrogens (tertiary/aromatic N) is 2. The lowest BCUT2D eigenvalue weighted by Crippen LogP contribution is -1.98. The standard InChI is InChI=1S/C24H15N3/c25-14-16-9-10-22(19(11-16)15-26)27-23-8-4-3-7-20(23)21-12-17-5-1-2-6-18(17)13-24(21)27/h1-14,25H. The van der Waals surface area contributed by atoms with Crippen molar-refractivity contribution in [1.29, 1.82) is 10.7 Å². The lowest BCUT2D eigenvalue weighted by Gasteiger charge is -2.11. The van der Waals surface area contributed by atoms with Crippen molar-refractivity contribution in [2.75, 3.05) is 0 Å². The molecule has 0 spiro atoms. The molecule has 1 aromatic heterocycles. The van der Waals surface area contributed by atoms with Gasteiger partial charge in [0.15, 0.2) is 0 Å². The highest BCUT2D eigenvalue weighted by molar-refractivity contribution is 6.13. The second kappa shape index (κ2) is 5.82. The highest BCUT2D eigenvalue weighted by Gasteiger charge is 2.15. The minimum absolute atomic E-state index is 0.562. The van der Waals surface area contributed by atoms with Gasteiger partial charge in [-0.1, -0.05) is 48.5 Å². The summed E-state index contributed by atoms with van der Waals surface area (Å²) < 4.78 is 2.16. The van der Waals surface area contributed by atoms with Gasteiger partial charge in [-0.25, -0.2) is 0 Å². The van der Waals surface area contributed by atoms with Crippen LogP contribution < -0.4 is 0 Å². The maximum atomic E-state index is 9.71. The smallest absolute Gasteiger partial charge is 0.101 e. The summed E-state index contributed by atoms with van der Waals surface area (Å²) in [4.78, 5) is 0. The van der Waals surface area contributed by atoms with Gasteiger partial charge in [0.25, 0.3) is 0 Å². The normalized spacial score (nSPS) is 11.1. The number of nitrogens with one attached hydrogen (secondary N) is 1. The number of hydrogen-bond donors (Lipinski definition) is 1. The minimum atomic E-state index is 0.562. The predicted molar refractivity (Wildman–Crippen MR) is 111 cm³/mol. The van der Waals surface area contributed by atoms with E-state index in [4.69, 9.17) is 5.41 Å². The van der Waals surface area contributed by atoms with E-state index in [1.807, 2.05) is 30.3 Å². The Morgan fingerprint density at radius 1 is 0.778 bits per heavy atom. The minimum Gasteiger partial charge on any atom is -0.308 e. The van der Waals surface area contributed by atoms with Crippen molar-refractivity contribution >= 4 is 38.8 Å². The molecule has 0 aliphatic heterocycles. The summed E-state index contributed by atoms with van der Waals surface area (Å²) in [5.74, 6) is 0. The SMILES string of the molecule is N#Cc1cc(C=N)ccc1-n1c2ccccc2c2cc3ccccc3cc21. The number of benzene rings is 4. The van der Waals surface area contributed by atoms with E-state index in [1.54, 1.807) is 6.07 Å². The molecule has 126 valence electrons. The van der Waals surface area contributed by atoms with Crippen LogP contribution >= 0.6 is 0 Å². The summed E-state index contributed by atoms with van der Waals surface area (Å²) in [6.45, 7) is 0. The highest BCUT2D eigenvalue weighted by atomic mass is 15.0. The van der Waals surface area contributed by atoms with Gasteiger partial charge in [0.2, 0.25) is 0 Å². The van der Waals surface area contributed by atoms with E-state index in [9.17, 15) is 5.26 Å². The van der Waals surface area contributed by atoms with E-state index in [-0.39, 0.29) is 0 Å². The third kappa shape index (κ3) is 2.24. The lowest BCUT2D eigenvalue weighted by atomic mass is 10.1. The van der Waals surface area contributed by atoms with Crippen LogP contribution in [-0.2, 0) is 0 Å². The third-order valence-electron chi connectivity index (χ3n) is 5.09. The van der Waals surface area contributed by atoms with Crippen LogP contribution in [0.1, 0.15) is 11.1 Å². The first-order valence-corrected chi connectivity index (χ1v) is 8.77. The molecule has 1 N–H and O–H groups in total. The van der Waals surface area contributed by atoms with E-state index < -0.39 is 0 Å². The molecule has 0 unspecified atom stereocenters. The Balaban J connectivity index is 1.98. The van der Waals surface area contributed by atoms with Gasteiger partial charge < -0.3 is 9.98 Å². The summed E-state index contributed by atoms with van der Waals surface area (Å²) in [6.07, 6.45) is 1.27. The van der Waals surface area contributed by atoms with Crippen LogP contribution in [-0.4, -0.2) is 10.8 Å². The fourth-order valence-corrected chi connectivity index (χ4v) is 3.84. The van der Waals surface area contributed by atoms with Gasteiger partial charge in [-0.2, -0.15) is 5.26 Å². The van der Waals surface area contributed by atoms with Gasteiger partial charge in [0, 0.05) is 17.0 Å². The van der Waals surface area contributed by atoms with Crippen LogP contribution in [0, 0.1) is 16.7 Å². The van der Waals surface area contributed by atoms with E-state index in [0.29, 0.717) is 5.56 Å². The van der Waals surface area contributed by atoms with E-state index in [1.165, 1.54) is 27.8 Å². The summed E-state index contributed by atoms with van der Waals surface area (Å²) in [7, 11) is 0. The molecule has 0 saturated carbocycles. The average molecular weight is 345 g/mol. The molecule has 0 fully saturated rings. The Hall–Kier alpha value is -3.90. The molecular formula is C24H15N3. The number of nitriles is 1. The van der Waals surface area contributed by atoms with E-state index in [0.717, 1.165) is 22.3 Å². The van der Waals surface area contributed by atoms with Gasteiger partial charge in [-0.3, -0.25) is 0 Å². The van der Waals surface area contributed by atoms with Crippen molar-refractivity contribution < 1.29 is 0 Å².